The van der Waals surface area contributed by atoms with Crippen LogP contribution in [0.4, 0.5) is 0 Å². The second-order valence-corrected chi connectivity index (χ2v) is 4.89. The van der Waals surface area contributed by atoms with Crippen molar-refractivity contribution in [3.05, 3.63) is 57.0 Å². The lowest BCUT2D eigenvalue weighted by atomic mass is 10.3. The average Bonchev–Trinajstić information content (AvgIpc) is 2.25. The molecule has 0 unspecified atom stereocenters. The molecular weight excluding hydrogens is 311 g/mol. The number of halogens is 3. The summed E-state index contributed by atoms with van der Waals surface area (Å²) >= 11 is 15.1. The van der Waals surface area contributed by atoms with E-state index in [1.165, 1.54) is 0 Å². The van der Waals surface area contributed by atoms with Crippen LogP contribution < -0.4 is 4.74 Å². The summed E-state index contributed by atoms with van der Waals surface area (Å²) in [6.07, 6.45) is 0. The quantitative estimate of drug-likeness (QED) is 0.705. The first-order chi connectivity index (χ1) is 7.65. The molecule has 2 aromatic rings. The Morgan fingerprint density at radius 2 is 1.62 bits per heavy atom. The van der Waals surface area contributed by atoms with E-state index < -0.39 is 0 Å². The summed E-state index contributed by atoms with van der Waals surface area (Å²) in [5.41, 5.74) is 0. The van der Waals surface area contributed by atoms with Crippen LogP contribution in [0.2, 0.25) is 10.0 Å². The van der Waals surface area contributed by atoms with E-state index in [9.17, 15) is 0 Å². The second kappa shape index (κ2) is 5.09. The average molecular weight is 318 g/mol. The van der Waals surface area contributed by atoms with Crippen LogP contribution in [-0.2, 0) is 0 Å². The van der Waals surface area contributed by atoms with E-state index in [1.54, 1.807) is 18.2 Å². The minimum Gasteiger partial charge on any atom is -0.456 e. The molecule has 0 N–H and O–H groups in total. The number of hydrogen-bond donors (Lipinski definition) is 0. The molecule has 0 saturated heterocycles. The maximum absolute atomic E-state index is 5.99. The summed E-state index contributed by atoms with van der Waals surface area (Å²) in [5, 5.41) is 1.09. The molecule has 1 nitrogen and oxygen atoms in total. The predicted octanol–water partition coefficient (Wildman–Crippen LogP) is 5.55. The van der Waals surface area contributed by atoms with Gasteiger partial charge in [0.15, 0.2) is 0 Å². The fraction of sp³-hybridized carbons (Fsp3) is 0. The third-order valence-electron chi connectivity index (χ3n) is 1.94. The van der Waals surface area contributed by atoms with Crippen LogP contribution in [0.25, 0.3) is 0 Å². The summed E-state index contributed by atoms with van der Waals surface area (Å²) in [5.74, 6) is 1.32. The zero-order valence-corrected chi connectivity index (χ0v) is 11.2. The second-order valence-electron chi connectivity index (χ2n) is 3.13. The highest BCUT2D eigenvalue weighted by Crippen LogP contribution is 2.31. The summed E-state index contributed by atoms with van der Waals surface area (Å²) in [6.45, 7) is 0. The monoisotopic (exact) mass is 316 g/mol. The van der Waals surface area contributed by atoms with Gasteiger partial charge in [-0.15, -0.1) is 0 Å². The molecule has 0 aliphatic rings. The Balaban J connectivity index is 2.23. The van der Waals surface area contributed by atoms with Crippen LogP contribution in [0.3, 0.4) is 0 Å². The van der Waals surface area contributed by atoms with E-state index in [0.717, 1.165) is 10.2 Å². The molecular formula is C12H7BrCl2O. The minimum atomic E-state index is 0.496. The molecule has 0 aromatic heterocycles. The molecule has 0 saturated carbocycles. The molecule has 0 heterocycles. The highest BCUT2D eigenvalue weighted by molar-refractivity contribution is 9.10. The zero-order valence-electron chi connectivity index (χ0n) is 8.08. The van der Waals surface area contributed by atoms with Gasteiger partial charge in [0.25, 0.3) is 0 Å². The molecule has 0 amide bonds. The predicted molar refractivity (Wildman–Crippen MR) is 70.7 cm³/mol. The fourth-order valence-electron chi connectivity index (χ4n) is 1.19. The molecule has 2 rings (SSSR count). The lowest BCUT2D eigenvalue weighted by Crippen LogP contribution is -1.84. The standard InChI is InChI=1S/C12H7BrCl2O/c13-8-1-4-10(5-2-8)16-12-6-3-9(14)7-11(12)15/h1-7H. The van der Waals surface area contributed by atoms with E-state index in [4.69, 9.17) is 27.9 Å². The summed E-state index contributed by atoms with van der Waals surface area (Å²) in [6, 6.07) is 12.6. The van der Waals surface area contributed by atoms with E-state index in [0.29, 0.717) is 15.8 Å². The third-order valence-corrected chi connectivity index (χ3v) is 2.99. The van der Waals surface area contributed by atoms with Crippen LogP contribution in [-0.4, -0.2) is 0 Å². The van der Waals surface area contributed by atoms with Crippen molar-refractivity contribution in [3.63, 3.8) is 0 Å². The fourth-order valence-corrected chi connectivity index (χ4v) is 1.90. The molecule has 4 heteroatoms. The normalized spacial score (nSPS) is 10.2. The van der Waals surface area contributed by atoms with Gasteiger partial charge >= 0.3 is 0 Å². The van der Waals surface area contributed by atoms with E-state index in [1.807, 2.05) is 24.3 Å². The third kappa shape index (κ3) is 2.91. The van der Waals surface area contributed by atoms with Crippen molar-refractivity contribution in [3.8, 4) is 11.5 Å². The van der Waals surface area contributed by atoms with Gasteiger partial charge in [-0.2, -0.15) is 0 Å². The Kier molecular flexibility index (Phi) is 3.74. The summed E-state index contributed by atoms with van der Waals surface area (Å²) in [7, 11) is 0. The molecule has 0 radical (unpaired) electrons. The van der Waals surface area contributed by atoms with E-state index >= 15 is 0 Å². The van der Waals surface area contributed by atoms with Crippen LogP contribution in [0.15, 0.2) is 46.9 Å². The Bertz CT molecular complexity index is 497. The summed E-state index contributed by atoms with van der Waals surface area (Å²) in [4.78, 5) is 0. The molecule has 0 atom stereocenters. The largest absolute Gasteiger partial charge is 0.456 e. The van der Waals surface area contributed by atoms with Crippen LogP contribution in [0, 0.1) is 0 Å². The van der Waals surface area contributed by atoms with Gasteiger partial charge in [-0.05, 0) is 42.5 Å². The van der Waals surface area contributed by atoms with Crippen molar-refractivity contribution >= 4 is 39.1 Å². The van der Waals surface area contributed by atoms with Crippen LogP contribution in [0.1, 0.15) is 0 Å². The highest BCUT2D eigenvalue weighted by atomic mass is 79.9. The van der Waals surface area contributed by atoms with Crippen molar-refractivity contribution < 1.29 is 4.74 Å². The Labute approximate surface area is 112 Å². The van der Waals surface area contributed by atoms with Crippen molar-refractivity contribution in [1.29, 1.82) is 0 Å². The van der Waals surface area contributed by atoms with Gasteiger partial charge in [0.2, 0.25) is 0 Å². The van der Waals surface area contributed by atoms with Crippen molar-refractivity contribution in [2.75, 3.05) is 0 Å². The van der Waals surface area contributed by atoms with Gasteiger partial charge < -0.3 is 4.74 Å². The molecule has 82 valence electrons. The molecule has 0 spiro atoms. The Morgan fingerprint density at radius 1 is 0.938 bits per heavy atom. The number of hydrogen-bond acceptors (Lipinski definition) is 1. The number of rotatable bonds is 2. The minimum absolute atomic E-state index is 0.496. The Hall–Kier alpha value is -0.700. The number of ether oxygens (including phenoxy) is 1. The molecule has 0 aliphatic heterocycles. The van der Waals surface area contributed by atoms with Gasteiger partial charge in [-0.25, -0.2) is 0 Å². The molecule has 16 heavy (non-hydrogen) atoms. The van der Waals surface area contributed by atoms with Crippen molar-refractivity contribution in [2.45, 2.75) is 0 Å². The molecule has 0 bridgehead atoms. The van der Waals surface area contributed by atoms with Gasteiger partial charge in [0.05, 0.1) is 5.02 Å². The lowest BCUT2D eigenvalue weighted by molar-refractivity contribution is 0.483. The van der Waals surface area contributed by atoms with Crippen molar-refractivity contribution in [1.82, 2.24) is 0 Å². The smallest absolute Gasteiger partial charge is 0.146 e. The Morgan fingerprint density at radius 3 is 2.25 bits per heavy atom. The molecule has 2 aromatic carbocycles. The molecule has 0 fully saturated rings. The van der Waals surface area contributed by atoms with Crippen LogP contribution in [0.5, 0.6) is 11.5 Å². The zero-order chi connectivity index (χ0) is 11.5. The van der Waals surface area contributed by atoms with E-state index in [2.05, 4.69) is 15.9 Å². The van der Waals surface area contributed by atoms with Gasteiger partial charge in [0, 0.05) is 9.50 Å². The lowest BCUT2D eigenvalue weighted by Gasteiger charge is -2.07. The van der Waals surface area contributed by atoms with Crippen LogP contribution >= 0.6 is 39.1 Å². The first kappa shape index (κ1) is 11.8. The van der Waals surface area contributed by atoms with Gasteiger partial charge in [-0.3, -0.25) is 0 Å². The van der Waals surface area contributed by atoms with Gasteiger partial charge in [0.1, 0.15) is 11.5 Å². The highest BCUT2D eigenvalue weighted by Gasteiger charge is 2.03. The van der Waals surface area contributed by atoms with Crippen molar-refractivity contribution in [2.24, 2.45) is 0 Å². The first-order valence-electron chi connectivity index (χ1n) is 4.53. The molecule has 0 aliphatic carbocycles. The maximum atomic E-state index is 5.99. The number of benzene rings is 2. The topological polar surface area (TPSA) is 9.23 Å². The SMILES string of the molecule is Clc1ccc(Oc2ccc(Br)cc2)c(Cl)c1. The van der Waals surface area contributed by atoms with Gasteiger partial charge in [-0.1, -0.05) is 39.1 Å². The summed E-state index contributed by atoms with van der Waals surface area (Å²) < 4.78 is 6.61. The van der Waals surface area contributed by atoms with E-state index in [-0.39, 0.29) is 0 Å². The first-order valence-corrected chi connectivity index (χ1v) is 6.08. The maximum Gasteiger partial charge on any atom is 0.146 e.